The van der Waals surface area contributed by atoms with Crippen LogP contribution in [-0.4, -0.2) is 22.1 Å². The summed E-state index contributed by atoms with van der Waals surface area (Å²) < 4.78 is 40.0. The largest absolute Gasteiger partial charge is 0.489 e. The zero-order valence-corrected chi connectivity index (χ0v) is 14.2. The zero-order chi connectivity index (χ0) is 17.7. The van der Waals surface area contributed by atoms with Crippen LogP contribution < -0.4 is 4.74 Å². The molecule has 0 bridgehead atoms. The molecular formula is C18H20O4S. The smallest absolute Gasteiger partial charge is 0.296 e. The Bertz CT molecular complexity index is 857. The maximum atomic E-state index is 11.4. The molecule has 23 heavy (non-hydrogen) atoms. The van der Waals surface area contributed by atoms with Crippen LogP contribution in [0.3, 0.4) is 0 Å². The van der Waals surface area contributed by atoms with E-state index in [0.717, 1.165) is 24.0 Å². The highest BCUT2D eigenvalue weighted by molar-refractivity contribution is 7.86. The van der Waals surface area contributed by atoms with Gasteiger partial charge in [-0.05, 0) is 43.2 Å². The Morgan fingerprint density at radius 1 is 1.22 bits per heavy atom. The number of aryl methyl sites for hydroxylation is 2. The van der Waals surface area contributed by atoms with Gasteiger partial charge in [-0.25, -0.2) is 0 Å². The summed E-state index contributed by atoms with van der Waals surface area (Å²) in [5.41, 5.74) is 2.49. The summed E-state index contributed by atoms with van der Waals surface area (Å²) in [7, 11) is -2.39. The van der Waals surface area contributed by atoms with Crippen molar-refractivity contribution in [2.45, 2.75) is 18.7 Å². The molecule has 0 spiro atoms. The summed E-state index contributed by atoms with van der Waals surface area (Å²) in [5.74, 6) is 0.819. The third-order valence-corrected chi connectivity index (χ3v) is 4.72. The molecule has 122 valence electrons. The molecule has 1 aliphatic rings. The predicted octanol–water partition coefficient (Wildman–Crippen LogP) is 3.73. The Morgan fingerprint density at radius 2 is 2.00 bits per heavy atom. The van der Waals surface area contributed by atoms with Gasteiger partial charge in [0.1, 0.15) is 12.4 Å². The molecule has 0 aromatic heterocycles. The van der Waals surface area contributed by atoms with Crippen molar-refractivity contribution in [3.8, 4) is 5.75 Å². The normalized spacial score (nSPS) is 13.3. The van der Waals surface area contributed by atoms with E-state index in [0.29, 0.717) is 18.2 Å². The van der Waals surface area contributed by atoms with Crippen LogP contribution >= 0.6 is 0 Å². The van der Waals surface area contributed by atoms with Crippen LogP contribution in [0.4, 0.5) is 0 Å². The van der Waals surface area contributed by atoms with E-state index < -0.39 is 10.1 Å². The van der Waals surface area contributed by atoms with Crippen LogP contribution in [-0.2, 0) is 14.3 Å². The second-order valence-electron chi connectivity index (χ2n) is 5.05. The molecule has 2 aromatic carbocycles. The highest BCUT2D eigenvalue weighted by atomic mass is 32.2. The average Bonchev–Trinajstić information content (AvgIpc) is 2.58. The molecule has 4 nitrogen and oxygen atoms in total. The van der Waals surface area contributed by atoms with Crippen molar-refractivity contribution >= 4 is 16.2 Å². The quantitative estimate of drug-likeness (QED) is 0.786. The van der Waals surface area contributed by atoms with Crippen LogP contribution in [0.25, 0.3) is 6.08 Å². The third kappa shape index (κ3) is 4.43. The van der Waals surface area contributed by atoms with Gasteiger partial charge in [0, 0.05) is 5.56 Å². The van der Waals surface area contributed by atoms with Crippen LogP contribution in [0, 0.1) is 13.8 Å². The Kier molecular flexibility index (Phi) is 5.10. The summed E-state index contributed by atoms with van der Waals surface area (Å²) in [4.78, 5) is 0.245. The minimum Gasteiger partial charge on any atom is -0.489 e. The third-order valence-electron chi connectivity index (χ3n) is 3.30. The van der Waals surface area contributed by atoms with Crippen molar-refractivity contribution in [3.05, 3.63) is 65.2 Å². The number of hydrogen-bond donors (Lipinski definition) is 0. The maximum Gasteiger partial charge on any atom is 0.296 e. The topological polar surface area (TPSA) is 52.6 Å². The lowest BCUT2D eigenvalue weighted by Crippen LogP contribution is -2.05. The lowest BCUT2D eigenvalue weighted by Gasteiger charge is -2.10. The maximum absolute atomic E-state index is 11.4. The Balaban J connectivity index is 0.000000175. The molecule has 0 amide bonds. The Hall–Kier alpha value is -2.11. The SMILES string of the molecule is COS(=O)(=O)c1cc(C)ccc1C.[2H]c1cccc2c1C=CCO2. The number of hydrogen-bond acceptors (Lipinski definition) is 4. The van der Waals surface area contributed by atoms with Gasteiger partial charge in [-0.15, -0.1) is 0 Å². The van der Waals surface area contributed by atoms with E-state index in [1.807, 2.05) is 37.3 Å². The van der Waals surface area contributed by atoms with E-state index in [2.05, 4.69) is 4.18 Å². The fourth-order valence-electron chi connectivity index (χ4n) is 2.06. The van der Waals surface area contributed by atoms with Crippen LogP contribution in [0.2, 0.25) is 0 Å². The molecule has 5 heteroatoms. The van der Waals surface area contributed by atoms with Crippen molar-refractivity contribution in [1.29, 1.82) is 0 Å². The van der Waals surface area contributed by atoms with Crippen LogP contribution in [0.1, 0.15) is 18.1 Å². The minimum absolute atomic E-state index is 0.245. The first kappa shape index (κ1) is 15.8. The summed E-state index contributed by atoms with van der Waals surface area (Å²) in [6.45, 7) is 4.20. The van der Waals surface area contributed by atoms with Crippen molar-refractivity contribution in [2.24, 2.45) is 0 Å². The van der Waals surface area contributed by atoms with Gasteiger partial charge >= 0.3 is 0 Å². The van der Waals surface area contributed by atoms with Crippen LogP contribution in [0.5, 0.6) is 5.75 Å². The van der Waals surface area contributed by atoms with Gasteiger partial charge in [-0.1, -0.05) is 36.4 Å². The standard InChI is InChI=1S/C9H12O3S.C9H8O/c1-7-4-5-8(2)9(6-7)13(10,11)12-3;1-2-6-9-8(4-1)5-3-7-10-9/h4-6H,1-3H3;1-6H,7H2/i;4D. The van der Waals surface area contributed by atoms with E-state index in [1.165, 1.54) is 0 Å². The number of rotatable bonds is 2. The second kappa shape index (κ2) is 7.44. The van der Waals surface area contributed by atoms with Gasteiger partial charge in [0.2, 0.25) is 0 Å². The first-order valence-electron chi connectivity index (χ1n) is 7.62. The van der Waals surface area contributed by atoms with Crippen molar-refractivity contribution < 1.29 is 18.7 Å². The molecule has 0 atom stereocenters. The van der Waals surface area contributed by atoms with Gasteiger partial charge in [-0.2, -0.15) is 8.42 Å². The van der Waals surface area contributed by atoms with E-state index in [4.69, 9.17) is 6.11 Å². The number of benzene rings is 2. The molecule has 1 aliphatic heterocycles. The van der Waals surface area contributed by atoms with Crippen LogP contribution in [0.15, 0.2) is 53.4 Å². The van der Waals surface area contributed by atoms with E-state index in [9.17, 15) is 8.42 Å². The Labute approximate surface area is 138 Å². The summed E-state index contributed by atoms with van der Waals surface area (Å²) in [6.07, 6.45) is 3.85. The van der Waals surface area contributed by atoms with E-state index >= 15 is 0 Å². The predicted molar refractivity (Wildman–Crippen MR) is 91.1 cm³/mol. The first-order valence-corrected chi connectivity index (χ1v) is 8.53. The summed E-state index contributed by atoms with van der Waals surface area (Å²) in [5, 5.41) is 0. The first-order chi connectivity index (χ1) is 11.3. The molecule has 3 rings (SSSR count). The molecule has 2 aromatic rings. The van der Waals surface area contributed by atoms with Gasteiger partial charge < -0.3 is 4.74 Å². The minimum atomic E-state index is -3.55. The molecule has 0 saturated carbocycles. The Morgan fingerprint density at radius 3 is 2.70 bits per heavy atom. The van der Waals surface area contributed by atoms with E-state index in [-0.39, 0.29) is 4.90 Å². The lowest BCUT2D eigenvalue weighted by atomic mass is 10.1. The highest BCUT2D eigenvalue weighted by Gasteiger charge is 2.15. The van der Waals surface area contributed by atoms with Gasteiger partial charge in [0.05, 0.1) is 13.4 Å². The van der Waals surface area contributed by atoms with Crippen molar-refractivity contribution in [1.82, 2.24) is 0 Å². The molecule has 0 fully saturated rings. The molecular weight excluding hydrogens is 312 g/mol. The lowest BCUT2D eigenvalue weighted by molar-refractivity contribution is 0.358. The fraction of sp³-hybridized carbons (Fsp3) is 0.222. The monoisotopic (exact) mass is 333 g/mol. The van der Waals surface area contributed by atoms with Gasteiger partial charge in [0.25, 0.3) is 10.1 Å². The number of para-hydroxylation sites is 1. The molecule has 0 radical (unpaired) electrons. The molecule has 0 aliphatic carbocycles. The molecule has 0 saturated heterocycles. The van der Waals surface area contributed by atoms with Crippen molar-refractivity contribution in [2.75, 3.05) is 13.7 Å². The summed E-state index contributed by atoms with van der Waals surface area (Å²) >= 11 is 0. The number of ether oxygens (including phenoxy) is 1. The molecule has 0 N–H and O–H groups in total. The zero-order valence-electron chi connectivity index (χ0n) is 14.4. The number of fused-ring (bicyclic) bond motifs is 1. The molecule has 1 heterocycles. The van der Waals surface area contributed by atoms with Gasteiger partial charge in [0.15, 0.2) is 0 Å². The van der Waals surface area contributed by atoms with Gasteiger partial charge in [-0.3, -0.25) is 4.18 Å². The van der Waals surface area contributed by atoms with E-state index in [1.54, 1.807) is 25.1 Å². The highest BCUT2D eigenvalue weighted by Crippen LogP contribution is 2.22. The second-order valence-corrected chi connectivity index (χ2v) is 6.73. The summed E-state index contributed by atoms with van der Waals surface area (Å²) in [6, 6.07) is 11.2. The average molecular weight is 333 g/mol. The van der Waals surface area contributed by atoms with Crippen molar-refractivity contribution in [3.63, 3.8) is 0 Å². The molecule has 0 unspecified atom stereocenters. The fourth-order valence-corrected chi connectivity index (χ4v) is 3.03.